The molecule has 0 unspecified atom stereocenters. The number of rotatable bonds is 20. The average Bonchev–Trinajstić information content (AvgIpc) is 3.72. The quantitative estimate of drug-likeness (QED) is 0.0684. The molecule has 8 nitrogen and oxygen atoms in total. The molecule has 1 N–H and O–H groups in total. The highest BCUT2D eigenvalue weighted by molar-refractivity contribution is 6.74. The lowest BCUT2D eigenvalue weighted by Gasteiger charge is -2.41. The Bertz CT molecular complexity index is 1740. The van der Waals surface area contributed by atoms with Crippen molar-refractivity contribution in [3.05, 3.63) is 64.9 Å². The third kappa shape index (κ3) is 10.2. The molecule has 1 aliphatic heterocycles. The van der Waals surface area contributed by atoms with Gasteiger partial charge < -0.3 is 32.6 Å². The Balaban J connectivity index is 1.86. The zero-order valence-corrected chi connectivity index (χ0v) is 39.4. The third-order valence-electron chi connectivity index (χ3n) is 12.6. The van der Waals surface area contributed by atoms with Crippen LogP contribution >= 0.6 is 0 Å². The van der Waals surface area contributed by atoms with Gasteiger partial charge in [-0.1, -0.05) is 106 Å². The minimum atomic E-state index is -2.43. The van der Waals surface area contributed by atoms with Crippen molar-refractivity contribution in [1.82, 2.24) is 0 Å². The second kappa shape index (κ2) is 18.2. The number of aliphatic hydroxyl groups is 1. The molecule has 0 bridgehead atoms. The lowest BCUT2D eigenvalue weighted by Crippen LogP contribution is -2.53. The van der Waals surface area contributed by atoms with E-state index < -0.39 is 40.4 Å². The van der Waals surface area contributed by atoms with E-state index >= 15 is 0 Å². The van der Waals surface area contributed by atoms with E-state index in [2.05, 4.69) is 107 Å². The molecule has 3 aromatic rings. The van der Waals surface area contributed by atoms with Gasteiger partial charge in [-0.05, 0) is 85.6 Å². The molecule has 1 aliphatic rings. The summed E-state index contributed by atoms with van der Waals surface area (Å²) in [6.07, 6.45) is 3.19. The molecule has 0 radical (unpaired) electrons. The van der Waals surface area contributed by atoms with Gasteiger partial charge in [-0.15, -0.1) is 0 Å². The van der Waals surface area contributed by atoms with Gasteiger partial charge in [0.2, 0.25) is 5.60 Å². The van der Waals surface area contributed by atoms with Crippen molar-refractivity contribution in [3.8, 4) is 5.75 Å². The summed E-state index contributed by atoms with van der Waals surface area (Å²) in [5, 5.41) is 13.4. The van der Waals surface area contributed by atoms with Gasteiger partial charge in [-0.2, -0.15) is 0 Å². The molecule has 0 saturated carbocycles. The highest BCUT2D eigenvalue weighted by Crippen LogP contribution is 2.50. The van der Waals surface area contributed by atoms with Gasteiger partial charge in [0.25, 0.3) is 0 Å². The predicted octanol–water partition coefficient (Wildman–Crippen LogP) is 11.9. The minimum absolute atomic E-state index is 0.0172. The van der Waals surface area contributed by atoms with Crippen molar-refractivity contribution in [2.75, 3.05) is 6.61 Å². The normalized spacial score (nSPS) is 19.6. The van der Waals surface area contributed by atoms with E-state index in [1.807, 2.05) is 38.3 Å². The van der Waals surface area contributed by atoms with Crippen LogP contribution in [-0.4, -0.2) is 58.2 Å². The molecule has 0 spiro atoms. The molecule has 1 fully saturated rings. The molecule has 1 aromatic heterocycles. The number of esters is 1. The smallest absolute Gasteiger partial charge is 0.343 e. The summed E-state index contributed by atoms with van der Waals surface area (Å²) in [6, 6.07) is 12.5. The Morgan fingerprint density at radius 1 is 0.946 bits per heavy atom. The highest BCUT2D eigenvalue weighted by Gasteiger charge is 2.69. The molecular weight excluding hydrogens is 737 g/mol. The van der Waals surface area contributed by atoms with Crippen molar-refractivity contribution in [1.29, 1.82) is 0 Å². The Morgan fingerprint density at radius 2 is 1.59 bits per heavy atom. The fourth-order valence-electron chi connectivity index (χ4n) is 7.21. The Labute approximate surface area is 340 Å². The van der Waals surface area contributed by atoms with Crippen molar-refractivity contribution in [2.24, 2.45) is 5.92 Å². The van der Waals surface area contributed by atoms with Crippen LogP contribution in [-0.2, 0) is 42.8 Å². The number of benzene rings is 2. The fraction of sp³-hybridized carbons (Fsp3) is 0.674. The standard InChI is InChI=1S/C46H74O8Si2/c1-16-22-34(38(47)27-40(54-56(14,15)45(9,10)11)46(39(17-2)53-46)43(48)49-18-3)36-29-51-42-35(36)26-33(25-31(4)5)41(50-28-32-23-20-19-21-24-32)37(42)30-52-55(12,13)44(6,7)8/h19-21,23-24,26,29,31,34,38-40,47H,16-18,22,25,27-28,30H2,1-15H3/t34-,38+,39-,40-,46-/m1/s1. The van der Waals surface area contributed by atoms with E-state index in [4.69, 9.17) is 27.5 Å². The SMILES string of the molecule is CCC[C@H](c1coc2c(CO[Si](C)(C)C(C)(C)C)c(OCc3ccccc3)c(CC(C)C)cc12)[C@@H](O)C[C@@H](O[Si](C)(C)C(C)(C)C)[C@]1(C(=O)OCC)O[C@@H]1CC. The van der Waals surface area contributed by atoms with E-state index in [1.165, 1.54) is 0 Å². The van der Waals surface area contributed by atoms with Gasteiger partial charge in [-0.25, -0.2) is 4.79 Å². The molecule has 5 atom stereocenters. The number of carbonyl (C=O) groups is 1. The summed E-state index contributed by atoms with van der Waals surface area (Å²) >= 11 is 0. The van der Waals surface area contributed by atoms with Crippen molar-refractivity contribution in [3.63, 3.8) is 0 Å². The van der Waals surface area contributed by atoms with Gasteiger partial charge in [0, 0.05) is 23.3 Å². The number of carbonyl (C=O) groups excluding carboxylic acids is 1. The predicted molar refractivity (Wildman–Crippen MR) is 232 cm³/mol. The van der Waals surface area contributed by atoms with Crippen molar-refractivity contribution >= 4 is 33.6 Å². The van der Waals surface area contributed by atoms with Crippen LogP contribution in [0.4, 0.5) is 0 Å². The lowest BCUT2D eigenvalue weighted by molar-refractivity contribution is -0.154. The minimum Gasteiger partial charge on any atom is -0.488 e. The fourth-order valence-corrected chi connectivity index (χ4v) is 9.48. The summed E-state index contributed by atoms with van der Waals surface area (Å²) in [5.41, 5.74) is 3.53. The van der Waals surface area contributed by atoms with Crippen LogP contribution in [0.15, 0.2) is 47.1 Å². The molecule has 314 valence electrons. The maximum Gasteiger partial charge on any atom is 0.343 e. The Morgan fingerprint density at radius 3 is 2.12 bits per heavy atom. The second-order valence-electron chi connectivity index (χ2n) is 19.4. The first-order chi connectivity index (χ1) is 26.0. The highest BCUT2D eigenvalue weighted by atomic mass is 28.4. The molecule has 4 rings (SSSR count). The first kappa shape index (κ1) is 46.2. The van der Waals surface area contributed by atoms with Gasteiger partial charge in [-0.3, -0.25) is 0 Å². The van der Waals surface area contributed by atoms with Crippen molar-refractivity contribution in [2.45, 2.75) is 188 Å². The van der Waals surface area contributed by atoms with Crippen LogP contribution in [0.25, 0.3) is 11.0 Å². The number of fused-ring (bicyclic) bond motifs is 1. The average molecular weight is 811 g/mol. The van der Waals surface area contributed by atoms with E-state index in [-0.39, 0.29) is 35.1 Å². The van der Waals surface area contributed by atoms with Crippen LogP contribution in [0.3, 0.4) is 0 Å². The van der Waals surface area contributed by atoms with E-state index in [0.717, 1.165) is 51.8 Å². The number of ether oxygens (including phenoxy) is 3. The number of hydrogen-bond donors (Lipinski definition) is 1. The van der Waals surface area contributed by atoms with E-state index in [1.54, 1.807) is 0 Å². The van der Waals surface area contributed by atoms with E-state index in [9.17, 15) is 9.90 Å². The molecular formula is C46H74O8Si2. The zero-order chi connectivity index (χ0) is 41.9. The summed E-state index contributed by atoms with van der Waals surface area (Å²) in [4.78, 5) is 13.8. The van der Waals surface area contributed by atoms with E-state index in [0.29, 0.717) is 32.0 Å². The van der Waals surface area contributed by atoms with Crippen molar-refractivity contribution < 1.29 is 37.4 Å². The van der Waals surface area contributed by atoms with Crippen LogP contribution in [0.1, 0.15) is 130 Å². The maximum atomic E-state index is 13.8. The molecule has 2 aromatic carbocycles. The van der Waals surface area contributed by atoms with Crippen LogP contribution in [0.5, 0.6) is 5.75 Å². The van der Waals surface area contributed by atoms with Crippen LogP contribution < -0.4 is 4.74 Å². The molecule has 0 aliphatic carbocycles. The number of hydrogen-bond acceptors (Lipinski definition) is 8. The molecule has 0 amide bonds. The lowest BCUT2D eigenvalue weighted by atomic mass is 9.83. The summed E-state index contributed by atoms with van der Waals surface area (Å²) in [6.45, 7) is 33.7. The Kier molecular flexibility index (Phi) is 15.0. The third-order valence-corrected chi connectivity index (χ3v) is 21.6. The summed E-state index contributed by atoms with van der Waals surface area (Å²) in [5.74, 6) is 0.488. The molecule has 10 heteroatoms. The first-order valence-corrected chi connectivity index (χ1v) is 26.9. The number of epoxide rings is 1. The second-order valence-corrected chi connectivity index (χ2v) is 29.0. The monoisotopic (exact) mass is 810 g/mol. The van der Waals surface area contributed by atoms with Gasteiger partial charge in [0.05, 0.1) is 37.2 Å². The number of aliphatic hydroxyl groups excluding tert-OH is 1. The van der Waals surface area contributed by atoms with Gasteiger partial charge in [0.1, 0.15) is 24.0 Å². The Hall–Kier alpha value is -2.48. The zero-order valence-electron chi connectivity index (χ0n) is 37.4. The topological polar surface area (TPSA) is 99.9 Å². The van der Waals surface area contributed by atoms with Crippen LogP contribution in [0.2, 0.25) is 36.3 Å². The summed E-state index contributed by atoms with van der Waals surface area (Å²) < 4.78 is 39.3. The maximum absolute atomic E-state index is 13.8. The van der Waals surface area contributed by atoms with Crippen LogP contribution in [0, 0.1) is 5.92 Å². The summed E-state index contributed by atoms with van der Waals surface area (Å²) in [7, 11) is -4.59. The molecule has 56 heavy (non-hydrogen) atoms. The largest absolute Gasteiger partial charge is 0.488 e. The first-order valence-electron chi connectivity index (χ1n) is 21.1. The molecule has 2 heterocycles. The molecule has 1 saturated heterocycles. The van der Waals surface area contributed by atoms with Gasteiger partial charge >= 0.3 is 5.97 Å². The number of furan rings is 1. The van der Waals surface area contributed by atoms with Gasteiger partial charge in [0.15, 0.2) is 16.6 Å².